The standard InChI is InChI=1S/C17H18O/c1-15(17-10-6-3-7-11-17)14-18-13-12-16-8-4-2-5-9-16/h2-11,14H,12-13H2,1H3/b15-14+. The first-order chi connectivity index (χ1) is 8.86. The molecule has 2 rings (SSSR count). The number of allylic oxidation sites excluding steroid dienone is 1. The van der Waals surface area contributed by atoms with Crippen LogP contribution in [0.25, 0.3) is 5.57 Å². The predicted molar refractivity (Wildman–Crippen MR) is 76.2 cm³/mol. The number of hydrogen-bond donors (Lipinski definition) is 0. The number of ether oxygens (including phenoxy) is 1. The Kier molecular flexibility index (Phi) is 4.60. The summed E-state index contributed by atoms with van der Waals surface area (Å²) in [6, 6.07) is 20.7. The molecule has 0 aliphatic rings. The number of benzene rings is 2. The average Bonchev–Trinajstić information content (AvgIpc) is 2.45. The van der Waals surface area contributed by atoms with Crippen molar-refractivity contribution in [1.82, 2.24) is 0 Å². The van der Waals surface area contributed by atoms with Crippen LogP contribution >= 0.6 is 0 Å². The van der Waals surface area contributed by atoms with Gasteiger partial charge in [-0.3, -0.25) is 0 Å². The van der Waals surface area contributed by atoms with Gasteiger partial charge in [-0.15, -0.1) is 0 Å². The highest BCUT2D eigenvalue weighted by Gasteiger charge is 1.94. The van der Waals surface area contributed by atoms with Gasteiger partial charge in [0, 0.05) is 6.42 Å². The molecule has 92 valence electrons. The monoisotopic (exact) mass is 238 g/mol. The fourth-order valence-electron chi connectivity index (χ4n) is 1.77. The Labute approximate surface area is 109 Å². The van der Waals surface area contributed by atoms with Gasteiger partial charge in [-0.2, -0.15) is 0 Å². The molecule has 0 saturated heterocycles. The van der Waals surface area contributed by atoms with Crippen LogP contribution in [-0.4, -0.2) is 6.61 Å². The van der Waals surface area contributed by atoms with E-state index in [-0.39, 0.29) is 0 Å². The molecule has 0 heterocycles. The molecule has 0 unspecified atom stereocenters. The molecule has 0 bridgehead atoms. The molecule has 1 nitrogen and oxygen atoms in total. The minimum atomic E-state index is 0.716. The fraction of sp³-hybridized carbons (Fsp3) is 0.176. The lowest BCUT2D eigenvalue weighted by Gasteiger charge is -2.04. The molecule has 0 aromatic heterocycles. The second-order valence-corrected chi connectivity index (χ2v) is 4.27. The Bertz CT molecular complexity index is 486. The molecule has 18 heavy (non-hydrogen) atoms. The minimum Gasteiger partial charge on any atom is -0.501 e. The van der Waals surface area contributed by atoms with Crippen LogP contribution in [0, 0.1) is 0 Å². The summed E-state index contributed by atoms with van der Waals surface area (Å²) in [7, 11) is 0. The average molecular weight is 238 g/mol. The molecule has 0 aliphatic heterocycles. The molecular weight excluding hydrogens is 220 g/mol. The van der Waals surface area contributed by atoms with Gasteiger partial charge in [0.25, 0.3) is 0 Å². The summed E-state index contributed by atoms with van der Waals surface area (Å²) in [5, 5.41) is 0. The first-order valence-corrected chi connectivity index (χ1v) is 6.24. The third kappa shape index (κ3) is 3.77. The summed E-state index contributed by atoms with van der Waals surface area (Å²) in [6.45, 7) is 2.78. The van der Waals surface area contributed by atoms with Gasteiger partial charge in [0.15, 0.2) is 0 Å². The van der Waals surface area contributed by atoms with E-state index in [1.165, 1.54) is 11.1 Å². The van der Waals surface area contributed by atoms with Crippen LogP contribution in [0.5, 0.6) is 0 Å². The van der Waals surface area contributed by atoms with Crippen molar-refractivity contribution in [2.24, 2.45) is 0 Å². The van der Waals surface area contributed by atoms with Gasteiger partial charge in [0.2, 0.25) is 0 Å². The molecule has 0 saturated carbocycles. The summed E-state index contributed by atoms with van der Waals surface area (Å²) < 4.78 is 5.59. The molecule has 0 radical (unpaired) electrons. The van der Waals surface area contributed by atoms with Crippen LogP contribution in [0.4, 0.5) is 0 Å². The van der Waals surface area contributed by atoms with Crippen LogP contribution in [0.2, 0.25) is 0 Å². The Morgan fingerprint density at radius 2 is 1.56 bits per heavy atom. The SMILES string of the molecule is C/C(=C\OCCc1ccccc1)c1ccccc1. The summed E-state index contributed by atoms with van der Waals surface area (Å²) in [6.07, 6.45) is 2.79. The first-order valence-electron chi connectivity index (χ1n) is 6.24. The lowest BCUT2D eigenvalue weighted by Crippen LogP contribution is -1.94. The van der Waals surface area contributed by atoms with Crippen molar-refractivity contribution in [2.75, 3.05) is 6.61 Å². The van der Waals surface area contributed by atoms with Crippen LogP contribution in [0.15, 0.2) is 66.9 Å². The van der Waals surface area contributed by atoms with Crippen molar-refractivity contribution in [2.45, 2.75) is 13.3 Å². The Morgan fingerprint density at radius 3 is 2.22 bits per heavy atom. The van der Waals surface area contributed by atoms with E-state index >= 15 is 0 Å². The molecule has 1 heteroatoms. The fourth-order valence-corrected chi connectivity index (χ4v) is 1.77. The van der Waals surface area contributed by atoms with Gasteiger partial charge in [-0.25, -0.2) is 0 Å². The van der Waals surface area contributed by atoms with E-state index in [0.717, 1.165) is 12.0 Å². The highest BCUT2D eigenvalue weighted by atomic mass is 16.5. The summed E-state index contributed by atoms with van der Waals surface area (Å²) >= 11 is 0. The summed E-state index contributed by atoms with van der Waals surface area (Å²) in [5.74, 6) is 0. The summed E-state index contributed by atoms with van der Waals surface area (Å²) in [5.41, 5.74) is 3.67. The Balaban J connectivity index is 1.81. The molecule has 2 aromatic rings. The zero-order valence-electron chi connectivity index (χ0n) is 10.7. The van der Waals surface area contributed by atoms with Gasteiger partial charge >= 0.3 is 0 Å². The van der Waals surface area contributed by atoms with Crippen LogP contribution in [-0.2, 0) is 11.2 Å². The third-order valence-electron chi connectivity index (χ3n) is 2.84. The van der Waals surface area contributed by atoms with Crippen LogP contribution in [0.1, 0.15) is 18.1 Å². The van der Waals surface area contributed by atoms with Gasteiger partial charge < -0.3 is 4.74 Å². The Hall–Kier alpha value is -2.02. The van der Waals surface area contributed by atoms with E-state index in [9.17, 15) is 0 Å². The van der Waals surface area contributed by atoms with Crippen LogP contribution < -0.4 is 0 Å². The van der Waals surface area contributed by atoms with E-state index < -0.39 is 0 Å². The predicted octanol–water partition coefficient (Wildman–Crippen LogP) is 4.31. The maximum atomic E-state index is 5.59. The highest BCUT2D eigenvalue weighted by molar-refractivity contribution is 5.62. The number of rotatable bonds is 5. The lowest BCUT2D eigenvalue weighted by atomic mass is 10.1. The Morgan fingerprint density at radius 1 is 0.944 bits per heavy atom. The van der Waals surface area contributed by atoms with Crippen molar-refractivity contribution in [3.05, 3.63) is 78.1 Å². The molecule has 0 spiro atoms. The maximum Gasteiger partial charge on any atom is 0.0913 e. The van der Waals surface area contributed by atoms with Crippen molar-refractivity contribution >= 4 is 5.57 Å². The topological polar surface area (TPSA) is 9.23 Å². The lowest BCUT2D eigenvalue weighted by molar-refractivity contribution is 0.255. The van der Waals surface area contributed by atoms with E-state index in [2.05, 4.69) is 43.3 Å². The molecular formula is C17H18O. The zero-order valence-corrected chi connectivity index (χ0v) is 10.7. The molecule has 0 aliphatic carbocycles. The smallest absolute Gasteiger partial charge is 0.0913 e. The largest absolute Gasteiger partial charge is 0.501 e. The van der Waals surface area contributed by atoms with Gasteiger partial charge in [-0.05, 0) is 23.6 Å². The van der Waals surface area contributed by atoms with E-state index in [1.54, 1.807) is 0 Å². The van der Waals surface area contributed by atoms with Gasteiger partial charge in [0.05, 0.1) is 12.9 Å². The number of hydrogen-bond acceptors (Lipinski definition) is 1. The maximum absolute atomic E-state index is 5.59. The quantitative estimate of drug-likeness (QED) is 0.557. The zero-order chi connectivity index (χ0) is 12.6. The van der Waals surface area contributed by atoms with Crippen molar-refractivity contribution < 1.29 is 4.74 Å². The molecule has 0 fully saturated rings. The molecule has 0 amide bonds. The molecule has 2 aromatic carbocycles. The van der Waals surface area contributed by atoms with Crippen LogP contribution in [0.3, 0.4) is 0 Å². The highest BCUT2D eigenvalue weighted by Crippen LogP contribution is 2.12. The minimum absolute atomic E-state index is 0.716. The van der Waals surface area contributed by atoms with Crippen molar-refractivity contribution in [1.29, 1.82) is 0 Å². The summed E-state index contributed by atoms with van der Waals surface area (Å²) in [4.78, 5) is 0. The first kappa shape index (κ1) is 12.4. The molecule has 0 N–H and O–H groups in total. The third-order valence-corrected chi connectivity index (χ3v) is 2.84. The van der Waals surface area contributed by atoms with E-state index in [4.69, 9.17) is 4.74 Å². The second kappa shape index (κ2) is 6.65. The normalized spacial score (nSPS) is 11.3. The van der Waals surface area contributed by atoms with E-state index in [1.807, 2.05) is 30.5 Å². The van der Waals surface area contributed by atoms with E-state index in [0.29, 0.717) is 6.61 Å². The second-order valence-electron chi connectivity index (χ2n) is 4.27. The van der Waals surface area contributed by atoms with Gasteiger partial charge in [0.1, 0.15) is 0 Å². The molecule has 0 atom stereocenters. The van der Waals surface area contributed by atoms with Crippen molar-refractivity contribution in [3.63, 3.8) is 0 Å². The van der Waals surface area contributed by atoms with Gasteiger partial charge in [-0.1, -0.05) is 60.7 Å². The van der Waals surface area contributed by atoms with Crippen molar-refractivity contribution in [3.8, 4) is 0 Å².